The molecule has 156 valence electrons. The van der Waals surface area contributed by atoms with E-state index in [2.05, 4.69) is 15.5 Å². The van der Waals surface area contributed by atoms with Crippen LogP contribution in [-0.2, 0) is 11.3 Å². The van der Waals surface area contributed by atoms with Crippen LogP contribution in [0.1, 0.15) is 13.8 Å². The molecule has 0 saturated heterocycles. The number of carbonyl (C=O) groups excluding carboxylic acids is 1. The lowest BCUT2D eigenvalue weighted by Crippen LogP contribution is -2.22. The van der Waals surface area contributed by atoms with Crippen LogP contribution in [0.15, 0.2) is 53.7 Å². The number of nitrogens with zero attached hydrogens (tertiary/aromatic N) is 4. The molecule has 0 aliphatic carbocycles. The van der Waals surface area contributed by atoms with Crippen LogP contribution in [0.2, 0.25) is 0 Å². The van der Waals surface area contributed by atoms with Crippen molar-refractivity contribution in [3.05, 3.63) is 58.6 Å². The van der Waals surface area contributed by atoms with Gasteiger partial charge in [-0.2, -0.15) is 0 Å². The highest BCUT2D eigenvalue weighted by Gasteiger charge is 2.20. The van der Waals surface area contributed by atoms with Crippen molar-refractivity contribution in [3.63, 3.8) is 0 Å². The number of hydrogen-bond acceptors (Lipinski definition) is 7. The van der Waals surface area contributed by atoms with Gasteiger partial charge in [0.05, 0.1) is 17.3 Å². The summed E-state index contributed by atoms with van der Waals surface area (Å²) in [5.74, 6) is 1.24. The minimum absolute atomic E-state index is 0.0301. The Labute approximate surface area is 177 Å². The largest absolute Gasteiger partial charge is 0.497 e. The van der Waals surface area contributed by atoms with Crippen LogP contribution in [0.3, 0.4) is 0 Å². The number of aromatic nitrogens is 3. The second kappa shape index (κ2) is 9.40. The van der Waals surface area contributed by atoms with Gasteiger partial charge in [0.25, 0.3) is 5.69 Å². The molecule has 2 aromatic carbocycles. The van der Waals surface area contributed by atoms with Crippen molar-refractivity contribution in [2.75, 3.05) is 12.4 Å². The summed E-state index contributed by atoms with van der Waals surface area (Å²) in [4.78, 5) is 22.8. The van der Waals surface area contributed by atoms with Crippen LogP contribution in [0, 0.1) is 10.1 Å². The number of rotatable bonds is 8. The molecule has 3 rings (SSSR count). The van der Waals surface area contributed by atoms with Gasteiger partial charge in [0.15, 0.2) is 11.0 Å². The molecule has 0 radical (unpaired) electrons. The summed E-state index contributed by atoms with van der Waals surface area (Å²) >= 11 is 1.30. The fourth-order valence-corrected chi connectivity index (χ4v) is 3.65. The molecule has 1 N–H and O–H groups in total. The van der Waals surface area contributed by atoms with Gasteiger partial charge in [-0.25, -0.2) is 0 Å². The standard InChI is InChI=1S/C20H21N5O4S/c1-4-24-18(14-5-11-17(29-3)12-6-14)22-23-20(24)30-13(2)19(26)21-15-7-9-16(10-8-15)25(27)28/h5-13H,4H2,1-3H3,(H,21,26)/t13-/m1/s1. The summed E-state index contributed by atoms with van der Waals surface area (Å²) in [5, 5.41) is 22.2. The van der Waals surface area contributed by atoms with E-state index in [4.69, 9.17) is 4.74 Å². The number of thioether (sulfide) groups is 1. The first kappa shape index (κ1) is 21.3. The Morgan fingerprint density at radius 2 is 1.87 bits per heavy atom. The lowest BCUT2D eigenvalue weighted by atomic mass is 10.2. The fraction of sp³-hybridized carbons (Fsp3) is 0.250. The maximum Gasteiger partial charge on any atom is 0.269 e. The third-order valence-corrected chi connectivity index (χ3v) is 5.46. The van der Waals surface area contributed by atoms with Crippen molar-refractivity contribution in [2.24, 2.45) is 0 Å². The van der Waals surface area contributed by atoms with Crippen LogP contribution in [0.25, 0.3) is 11.4 Å². The summed E-state index contributed by atoms with van der Waals surface area (Å²) in [6, 6.07) is 13.2. The van der Waals surface area contributed by atoms with Gasteiger partial charge in [-0.15, -0.1) is 10.2 Å². The summed E-state index contributed by atoms with van der Waals surface area (Å²) in [7, 11) is 1.61. The number of carbonyl (C=O) groups is 1. The van der Waals surface area contributed by atoms with E-state index in [-0.39, 0.29) is 11.6 Å². The average Bonchev–Trinajstić information content (AvgIpc) is 3.16. The highest BCUT2D eigenvalue weighted by molar-refractivity contribution is 8.00. The number of methoxy groups -OCH3 is 1. The van der Waals surface area contributed by atoms with Crippen molar-refractivity contribution in [2.45, 2.75) is 30.8 Å². The highest BCUT2D eigenvalue weighted by atomic mass is 32.2. The van der Waals surface area contributed by atoms with E-state index < -0.39 is 10.2 Å². The normalized spacial score (nSPS) is 11.7. The molecule has 0 fully saturated rings. The van der Waals surface area contributed by atoms with E-state index in [1.54, 1.807) is 14.0 Å². The first-order chi connectivity index (χ1) is 14.4. The fourth-order valence-electron chi connectivity index (χ4n) is 2.74. The number of hydrogen-bond donors (Lipinski definition) is 1. The van der Waals surface area contributed by atoms with E-state index in [9.17, 15) is 14.9 Å². The molecular weight excluding hydrogens is 406 g/mol. The van der Waals surface area contributed by atoms with Gasteiger partial charge in [0, 0.05) is 29.9 Å². The Hall–Kier alpha value is -3.40. The number of benzene rings is 2. The molecule has 1 aromatic heterocycles. The molecule has 1 amide bonds. The van der Waals surface area contributed by atoms with Crippen molar-refractivity contribution < 1.29 is 14.5 Å². The minimum atomic E-state index is -0.484. The summed E-state index contributed by atoms with van der Waals surface area (Å²) in [6.07, 6.45) is 0. The van der Waals surface area contributed by atoms with E-state index in [0.29, 0.717) is 23.2 Å². The van der Waals surface area contributed by atoms with E-state index >= 15 is 0 Å². The third-order valence-electron chi connectivity index (χ3n) is 4.38. The van der Waals surface area contributed by atoms with Crippen LogP contribution < -0.4 is 10.1 Å². The van der Waals surface area contributed by atoms with Crippen molar-refractivity contribution in [3.8, 4) is 17.1 Å². The van der Waals surface area contributed by atoms with Gasteiger partial charge < -0.3 is 14.6 Å². The van der Waals surface area contributed by atoms with Crippen LogP contribution in [0.4, 0.5) is 11.4 Å². The lowest BCUT2D eigenvalue weighted by Gasteiger charge is -2.13. The average molecular weight is 427 g/mol. The Morgan fingerprint density at radius 1 is 1.20 bits per heavy atom. The first-order valence-corrected chi connectivity index (χ1v) is 10.1. The number of nitro benzene ring substituents is 1. The Balaban J connectivity index is 1.71. The van der Waals surface area contributed by atoms with Gasteiger partial charge in [-0.05, 0) is 50.2 Å². The van der Waals surface area contributed by atoms with E-state index in [0.717, 1.165) is 11.3 Å². The summed E-state index contributed by atoms with van der Waals surface area (Å²) in [5.41, 5.74) is 1.37. The van der Waals surface area contributed by atoms with Crippen LogP contribution in [-0.4, -0.2) is 38.0 Å². The molecule has 1 heterocycles. The zero-order chi connectivity index (χ0) is 21.7. The summed E-state index contributed by atoms with van der Waals surface area (Å²) < 4.78 is 7.13. The first-order valence-electron chi connectivity index (χ1n) is 9.22. The minimum Gasteiger partial charge on any atom is -0.497 e. The number of non-ortho nitro benzene ring substituents is 1. The van der Waals surface area contributed by atoms with Gasteiger partial charge in [-0.3, -0.25) is 14.9 Å². The SMILES string of the molecule is CCn1c(S[C@H](C)C(=O)Nc2ccc([N+](=O)[O-])cc2)nnc1-c1ccc(OC)cc1. The Bertz CT molecular complexity index is 1030. The molecule has 10 heteroatoms. The lowest BCUT2D eigenvalue weighted by molar-refractivity contribution is -0.384. The molecule has 3 aromatic rings. The zero-order valence-electron chi connectivity index (χ0n) is 16.7. The Morgan fingerprint density at radius 3 is 2.43 bits per heavy atom. The van der Waals surface area contributed by atoms with Gasteiger partial charge in [-0.1, -0.05) is 11.8 Å². The topological polar surface area (TPSA) is 112 Å². The monoisotopic (exact) mass is 427 g/mol. The highest BCUT2D eigenvalue weighted by Crippen LogP contribution is 2.28. The van der Waals surface area contributed by atoms with Gasteiger partial charge in [0.2, 0.25) is 5.91 Å². The molecular formula is C20H21N5O4S. The number of nitro groups is 1. The number of amides is 1. The molecule has 0 saturated carbocycles. The zero-order valence-corrected chi connectivity index (χ0v) is 17.5. The quantitative estimate of drug-likeness (QED) is 0.328. The molecule has 30 heavy (non-hydrogen) atoms. The molecule has 0 aliphatic rings. The maximum absolute atomic E-state index is 12.5. The van der Waals surface area contributed by atoms with E-state index in [1.807, 2.05) is 35.8 Å². The molecule has 9 nitrogen and oxygen atoms in total. The predicted octanol–water partition coefficient (Wildman–Crippen LogP) is 4.00. The summed E-state index contributed by atoms with van der Waals surface area (Å²) in [6.45, 7) is 4.41. The maximum atomic E-state index is 12.5. The van der Waals surface area contributed by atoms with Gasteiger partial charge in [0.1, 0.15) is 5.75 Å². The molecule has 0 spiro atoms. The Kier molecular flexibility index (Phi) is 6.68. The van der Waals surface area contributed by atoms with Crippen molar-refractivity contribution >= 4 is 29.0 Å². The molecule has 0 unspecified atom stereocenters. The second-order valence-electron chi connectivity index (χ2n) is 6.33. The van der Waals surface area contributed by atoms with Crippen molar-refractivity contribution in [1.29, 1.82) is 0 Å². The van der Waals surface area contributed by atoms with Gasteiger partial charge >= 0.3 is 0 Å². The van der Waals surface area contributed by atoms with Crippen molar-refractivity contribution in [1.82, 2.24) is 14.8 Å². The number of ether oxygens (including phenoxy) is 1. The molecule has 0 aliphatic heterocycles. The molecule has 0 bridgehead atoms. The predicted molar refractivity (Wildman–Crippen MR) is 115 cm³/mol. The second-order valence-corrected chi connectivity index (χ2v) is 7.64. The third kappa shape index (κ3) is 4.77. The van der Waals surface area contributed by atoms with E-state index in [1.165, 1.54) is 36.0 Å². The number of nitrogens with one attached hydrogen (secondary N) is 1. The van der Waals surface area contributed by atoms with Crippen LogP contribution in [0.5, 0.6) is 5.75 Å². The number of anilines is 1. The smallest absolute Gasteiger partial charge is 0.269 e. The van der Waals surface area contributed by atoms with Crippen LogP contribution >= 0.6 is 11.8 Å². The molecule has 1 atom stereocenters.